The molecule has 4 rings (SSSR count). The van der Waals surface area contributed by atoms with Crippen LogP contribution in [0.2, 0.25) is 0 Å². The normalized spacial score (nSPS) is 13.9. The molecule has 0 bridgehead atoms. The van der Waals surface area contributed by atoms with E-state index in [0.717, 1.165) is 34.6 Å². The van der Waals surface area contributed by atoms with Gasteiger partial charge in [0.05, 0.1) is 12.0 Å². The number of aryl methyl sites for hydroxylation is 1. The number of anilines is 3. The van der Waals surface area contributed by atoms with Crippen molar-refractivity contribution in [3.63, 3.8) is 0 Å². The lowest BCUT2D eigenvalue weighted by molar-refractivity contribution is 0.0531. The molecule has 0 saturated carbocycles. The molecule has 0 spiro atoms. The van der Waals surface area contributed by atoms with E-state index in [4.69, 9.17) is 4.74 Å². The van der Waals surface area contributed by atoms with Crippen LogP contribution in [0.25, 0.3) is 10.2 Å². The van der Waals surface area contributed by atoms with Crippen molar-refractivity contribution >= 4 is 44.7 Å². The van der Waals surface area contributed by atoms with Crippen molar-refractivity contribution in [3.8, 4) is 0 Å². The summed E-state index contributed by atoms with van der Waals surface area (Å²) < 4.78 is 5.16. The molecule has 1 aliphatic heterocycles. The summed E-state index contributed by atoms with van der Waals surface area (Å²) in [5.74, 6) is 0.400. The van der Waals surface area contributed by atoms with E-state index in [9.17, 15) is 4.79 Å². The van der Waals surface area contributed by atoms with Crippen LogP contribution in [0.3, 0.4) is 0 Å². The number of nitrogens with one attached hydrogen (secondary N) is 1. The number of thiophene rings is 1. The fraction of sp³-hybridized carbons (Fsp3) is 0.350. The molecule has 1 fully saturated rings. The average Bonchev–Trinajstić information content (AvgIpc) is 3.32. The Balaban J connectivity index is 1.62. The average molecular weight is 382 g/mol. The van der Waals surface area contributed by atoms with Gasteiger partial charge in [0, 0.05) is 24.5 Å². The Hall–Kier alpha value is -2.67. The topological polar surface area (TPSA) is 67.3 Å². The molecule has 0 radical (unpaired) electrons. The number of aromatic nitrogens is 2. The zero-order chi connectivity index (χ0) is 18.8. The SMILES string of the molecule is CCOC(=O)c1sc2ncnc(Nc3ccc(N4CCCC4)cc3)c2c1C. The number of esters is 1. The predicted molar refractivity (Wildman–Crippen MR) is 109 cm³/mol. The van der Waals surface area contributed by atoms with Crippen molar-refractivity contribution in [1.82, 2.24) is 9.97 Å². The van der Waals surface area contributed by atoms with Crippen LogP contribution < -0.4 is 10.2 Å². The molecule has 0 aliphatic carbocycles. The van der Waals surface area contributed by atoms with Gasteiger partial charge in [-0.25, -0.2) is 14.8 Å². The van der Waals surface area contributed by atoms with E-state index in [-0.39, 0.29) is 5.97 Å². The van der Waals surface area contributed by atoms with Crippen LogP contribution >= 0.6 is 11.3 Å². The van der Waals surface area contributed by atoms with Gasteiger partial charge < -0.3 is 15.0 Å². The zero-order valence-corrected chi connectivity index (χ0v) is 16.3. The lowest BCUT2D eigenvalue weighted by atomic mass is 10.2. The third kappa shape index (κ3) is 3.47. The Labute approximate surface area is 162 Å². The summed E-state index contributed by atoms with van der Waals surface area (Å²) in [4.78, 5) is 24.7. The highest BCUT2D eigenvalue weighted by Crippen LogP contribution is 2.35. The van der Waals surface area contributed by atoms with Crippen LogP contribution in [0.4, 0.5) is 17.2 Å². The van der Waals surface area contributed by atoms with Crippen molar-refractivity contribution < 1.29 is 9.53 Å². The molecule has 0 unspecified atom stereocenters. The van der Waals surface area contributed by atoms with E-state index in [0.29, 0.717) is 17.3 Å². The summed E-state index contributed by atoms with van der Waals surface area (Å²) in [7, 11) is 0. The van der Waals surface area contributed by atoms with Gasteiger partial charge in [0.1, 0.15) is 21.9 Å². The lowest BCUT2D eigenvalue weighted by Gasteiger charge is -2.18. The largest absolute Gasteiger partial charge is 0.462 e. The van der Waals surface area contributed by atoms with Crippen LogP contribution in [0.15, 0.2) is 30.6 Å². The van der Waals surface area contributed by atoms with E-state index in [2.05, 4.69) is 44.5 Å². The minimum atomic E-state index is -0.307. The predicted octanol–water partition coefficient (Wildman–Crippen LogP) is 4.52. The number of hydrogen-bond donors (Lipinski definition) is 1. The van der Waals surface area contributed by atoms with Crippen molar-refractivity contribution in [1.29, 1.82) is 0 Å². The molecule has 27 heavy (non-hydrogen) atoms. The molecule has 1 saturated heterocycles. The van der Waals surface area contributed by atoms with Gasteiger partial charge in [0.25, 0.3) is 0 Å². The second-order valence-electron chi connectivity index (χ2n) is 6.55. The van der Waals surface area contributed by atoms with Crippen LogP contribution in [-0.4, -0.2) is 35.6 Å². The second kappa shape index (κ2) is 7.52. The van der Waals surface area contributed by atoms with Crippen LogP contribution in [-0.2, 0) is 4.74 Å². The molecule has 3 aromatic rings. The van der Waals surface area contributed by atoms with E-state index in [1.807, 2.05) is 6.92 Å². The summed E-state index contributed by atoms with van der Waals surface area (Å²) in [6, 6.07) is 8.40. The first kappa shape index (κ1) is 17.7. The van der Waals surface area contributed by atoms with Crippen molar-refractivity contribution in [2.75, 3.05) is 29.9 Å². The van der Waals surface area contributed by atoms with Gasteiger partial charge in [-0.3, -0.25) is 0 Å². The molecule has 0 atom stereocenters. The van der Waals surface area contributed by atoms with Gasteiger partial charge in [0.2, 0.25) is 0 Å². The Morgan fingerprint density at radius 1 is 1.22 bits per heavy atom. The summed E-state index contributed by atoms with van der Waals surface area (Å²) in [5, 5.41) is 4.24. The van der Waals surface area contributed by atoms with Crippen LogP contribution in [0.5, 0.6) is 0 Å². The summed E-state index contributed by atoms with van der Waals surface area (Å²) in [5.41, 5.74) is 3.06. The van der Waals surface area contributed by atoms with Gasteiger partial charge in [-0.1, -0.05) is 0 Å². The third-order valence-corrected chi connectivity index (χ3v) is 5.97. The minimum absolute atomic E-state index is 0.307. The molecular formula is C20H22N4O2S. The van der Waals surface area contributed by atoms with Gasteiger partial charge >= 0.3 is 5.97 Å². The van der Waals surface area contributed by atoms with Crippen LogP contribution in [0.1, 0.15) is 35.0 Å². The first-order chi connectivity index (χ1) is 13.2. The monoisotopic (exact) mass is 382 g/mol. The van der Waals surface area contributed by atoms with E-state index in [1.165, 1.54) is 36.2 Å². The minimum Gasteiger partial charge on any atom is -0.462 e. The number of nitrogens with zero attached hydrogens (tertiary/aromatic N) is 3. The highest BCUT2D eigenvalue weighted by Gasteiger charge is 2.20. The Morgan fingerprint density at radius 2 is 1.96 bits per heavy atom. The smallest absolute Gasteiger partial charge is 0.348 e. The van der Waals surface area contributed by atoms with Gasteiger partial charge in [-0.05, 0) is 56.5 Å². The molecule has 1 aromatic carbocycles. The van der Waals surface area contributed by atoms with Gasteiger partial charge in [-0.15, -0.1) is 11.3 Å². The zero-order valence-electron chi connectivity index (χ0n) is 15.5. The number of ether oxygens (including phenoxy) is 1. The van der Waals surface area contributed by atoms with Crippen molar-refractivity contribution in [2.45, 2.75) is 26.7 Å². The van der Waals surface area contributed by atoms with Gasteiger partial charge in [0.15, 0.2) is 0 Å². The standard InChI is InChI=1S/C20H22N4O2S/c1-3-26-20(25)17-13(2)16-18(21-12-22-19(16)27-17)23-14-6-8-15(9-7-14)24-10-4-5-11-24/h6-9,12H,3-5,10-11H2,1-2H3,(H,21,22,23). The maximum Gasteiger partial charge on any atom is 0.348 e. The Morgan fingerprint density at radius 3 is 2.67 bits per heavy atom. The molecular weight excluding hydrogens is 360 g/mol. The summed E-state index contributed by atoms with van der Waals surface area (Å²) in [6.45, 7) is 6.33. The molecule has 2 aromatic heterocycles. The molecule has 140 valence electrons. The molecule has 3 heterocycles. The Kier molecular flexibility index (Phi) is 4.94. The van der Waals surface area contributed by atoms with E-state index < -0.39 is 0 Å². The molecule has 1 aliphatic rings. The quantitative estimate of drug-likeness (QED) is 0.655. The number of hydrogen-bond acceptors (Lipinski definition) is 7. The number of carbonyl (C=O) groups excluding carboxylic acids is 1. The van der Waals surface area contributed by atoms with E-state index >= 15 is 0 Å². The number of rotatable bonds is 5. The van der Waals surface area contributed by atoms with Gasteiger partial charge in [-0.2, -0.15) is 0 Å². The maximum absolute atomic E-state index is 12.2. The first-order valence-corrected chi connectivity index (χ1v) is 10.0. The van der Waals surface area contributed by atoms with Crippen molar-refractivity contribution in [2.24, 2.45) is 0 Å². The number of fused-ring (bicyclic) bond motifs is 1. The molecule has 7 heteroatoms. The molecule has 1 N–H and O–H groups in total. The van der Waals surface area contributed by atoms with Crippen LogP contribution in [0, 0.1) is 6.92 Å². The number of benzene rings is 1. The fourth-order valence-corrected chi connectivity index (χ4v) is 4.47. The fourth-order valence-electron chi connectivity index (χ4n) is 3.43. The Bertz CT molecular complexity index is 962. The highest BCUT2D eigenvalue weighted by molar-refractivity contribution is 7.20. The second-order valence-corrected chi connectivity index (χ2v) is 7.54. The summed E-state index contributed by atoms with van der Waals surface area (Å²) in [6.07, 6.45) is 4.05. The summed E-state index contributed by atoms with van der Waals surface area (Å²) >= 11 is 1.34. The van der Waals surface area contributed by atoms with Crippen molar-refractivity contribution in [3.05, 3.63) is 41.0 Å². The molecule has 6 nitrogen and oxygen atoms in total. The highest BCUT2D eigenvalue weighted by atomic mass is 32.1. The first-order valence-electron chi connectivity index (χ1n) is 9.20. The maximum atomic E-state index is 12.2. The lowest BCUT2D eigenvalue weighted by Crippen LogP contribution is -2.17. The third-order valence-electron chi connectivity index (χ3n) is 4.79. The molecule has 0 amide bonds. The number of carbonyl (C=O) groups is 1. The van der Waals surface area contributed by atoms with E-state index in [1.54, 1.807) is 6.92 Å².